The molecule has 0 spiro atoms. The highest BCUT2D eigenvalue weighted by Gasteiger charge is 2.20. The van der Waals surface area contributed by atoms with Crippen LogP contribution in [0.15, 0.2) is 23.4 Å². The lowest BCUT2D eigenvalue weighted by Crippen LogP contribution is -2.43. The van der Waals surface area contributed by atoms with Gasteiger partial charge in [-0.15, -0.1) is 0 Å². The summed E-state index contributed by atoms with van der Waals surface area (Å²) < 4.78 is 5.41. The molecular weight excluding hydrogens is 282 g/mol. The highest BCUT2D eigenvalue weighted by atomic mass is 35.5. The van der Waals surface area contributed by atoms with Crippen LogP contribution in [-0.2, 0) is 11.3 Å². The van der Waals surface area contributed by atoms with Gasteiger partial charge in [0.1, 0.15) is 0 Å². The van der Waals surface area contributed by atoms with Gasteiger partial charge in [-0.3, -0.25) is 4.90 Å². The lowest BCUT2D eigenvalue weighted by molar-refractivity contribution is -0.0550. The van der Waals surface area contributed by atoms with E-state index in [2.05, 4.69) is 10.1 Å². The Balaban J connectivity index is 2.06. The van der Waals surface area contributed by atoms with Gasteiger partial charge >= 0.3 is 0 Å². The molecule has 1 saturated heterocycles. The summed E-state index contributed by atoms with van der Waals surface area (Å²) in [6.07, 6.45) is -0.140. The summed E-state index contributed by atoms with van der Waals surface area (Å²) in [5.41, 5.74) is 7.06. The highest BCUT2D eigenvalue weighted by Crippen LogP contribution is 2.20. The third kappa shape index (κ3) is 3.61. The number of halogens is 1. The summed E-state index contributed by atoms with van der Waals surface area (Å²) in [6, 6.07) is 5.30. The van der Waals surface area contributed by atoms with Crippen molar-refractivity contribution in [3.05, 3.63) is 34.3 Å². The van der Waals surface area contributed by atoms with E-state index in [-0.39, 0.29) is 18.5 Å². The molecule has 0 amide bonds. The van der Waals surface area contributed by atoms with Crippen molar-refractivity contribution in [1.29, 1.82) is 0 Å². The number of nitrogens with two attached hydrogens (primary N) is 1. The number of aliphatic hydroxyl groups is 1. The van der Waals surface area contributed by atoms with Crippen molar-refractivity contribution < 1.29 is 15.1 Å². The molecule has 1 aromatic rings. The van der Waals surface area contributed by atoms with E-state index >= 15 is 0 Å². The van der Waals surface area contributed by atoms with Crippen molar-refractivity contribution in [2.24, 2.45) is 10.9 Å². The van der Waals surface area contributed by atoms with Crippen LogP contribution in [0.4, 0.5) is 0 Å². The Morgan fingerprint density at radius 2 is 2.35 bits per heavy atom. The average molecular weight is 300 g/mol. The van der Waals surface area contributed by atoms with E-state index in [1.807, 2.05) is 6.07 Å². The van der Waals surface area contributed by atoms with Gasteiger partial charge in [-0.05, 0) is 11.6 Å². The Kier molecular flexibility index (Phi) is 5.19. The van der Waals surface area contributed by atoms with Gasteiger partial charge in [-0.25, -0.2) is 0 Å². The van der Waals surface area contributed by atoms with Gasteiger partial charge in [0.2, 0.25) is 0 Å². The van der Waals surface area contributed by atoms with E-state index in [0.29, 0.717) is 30.3 Å². The molecule has 1 aliphatic rings. The Bertz CT molecular complexity index is 496. The summed E-state index contributed by atoms with van der Waals surface area (Å²) in [6.45, 7) is 2.77. The third-order valence-electron chi connectivity index (χ3n) is 3.28. The SMILES string of the molecule is N/C(=N/O)c1ccc(CN2CCOC(CO)C2)c(Cl)c1. The van der Waals surface area contributed by atoms with Crippen molar-refractivity contribution in [3.8, 4) is 0 Å². The summed E-state index contributed by atoms with van der Waals surface area (Å²) in [7, 11) is 0. The second kappa shape index (κ2) is 6.90. The number of rotatable bonds is 4. The summed E-state index contributed by atoms with van der Waals surface area (Å²) >= 11 is 6.22. The van der Waals surface area contributed by atoms with Crippen LogP contribution in [0, 0.1) is 0 Å². The molecule has 0 saturated carbocycles. The van der Waals surface area contributed by atoms with Crippen LogP contribution in [-0.4, -0.2) is 53.5 Å². The van der Waals surface area contributed by atoms with Crippen LogP contribution in [0.2, 0.25) is 5.02 Å². The second-order valence-electron chi connectivity index (χ2n) is 4.70. The molecule has 1 aromatic carbocycles. The Morgan fingerprint density at radius 3 is 3.00 bits per heavy atom. The molecule has 0 aliphatic carbocycles. The molecule has 2 rings (SSSR count). The summed E-state index contributed by atoms with van der Waals surface area (Å²) in [5.74, 6) is 0.0326. The molecule has 7 heteroatoms. The van der Waals surface area contributed by atoms with Crippen molar-refractivity contribution in [2.45, 2.75) is 12.6 Å². The Hall–Kier alpha value is -1.34. The molecule has 1 atom stereocenters. The minimum absolute atomic E-state index is 0.0205. The summed E-state index contributed by atoms with van der Waals surface area (Å²) in [4.78, 5) is 2.18. The summed E-state index contributed by atoms with van der Waals surface area (Å²) in [5, 5.41) is 21.3. The minimum atomic E-state index is -0.140. The number of benzene rings is 1. The van der Waals surface area contributed by atoms with Gasteiger partial charge < -0.3 is 20.8 Å². The van der Waals surface area contributed by atoms with Gasteiger partial charge in [0.25, 0.3) is 0 Å². The number of morpholine rings is 1. The first-order valence-corrected chi connectivity index (χ1v) is 6.73. The maximum atomic E-state index is 9.13. The van der Waals surface area contributed by atoms with Crippen molar-refractivity contribution >= 4 is 17.4 Å². The number of nitrogens with zero attached hydrogens (tertiary/aromatic N) is 2. The van der Waals surface area contributed by atoms with Crippen molar-refractivity contribution in [3.63, 3.8) is 0 Å². The van der Waals surface area contributed by atoms with Gasteiger partial charge in [0.05, 0.1) is 19.3 Å². The lowest BCUT2D eigenvalue weighted by atomic mass is 10.1. The van der Waals surface area contributed by atoms with Gasteiger partial charge in [0, 0.05) is 30.2 Å². The Labute approximate surface area is 122 Å². The maximum Gasteiger partial charge on any atom is 0.170 e. The fourth-order valence-electron chi connectivity index (χ4n) is 2.17. The Morgan fingerprint density at radius 1 is 1.55 bits per heavy atom. The topological polar surface area (TPSA) is 91.3 Å². The first-order chi connectivity index (χ1) is 9.63. The third-order valence-corrected chi connectivity index (χ3v) is 3.63. The molecule has 20 heavy (non-hydrogen) atoms. The molecule has 1 aliphatic heterocycles. The van der Waals surface area contributed by atoms with Crippen LogP contribution >= 0.6 is 11.6 Å². The fourth-order valence-corrected chi connectivity index (χ4v) is 2.41. The fraction of sp³-hybridized carbons (Fsp3) is 0.462. The maximum absolute atomic E-state index is 9.13. The molecule has 0 radical (unpaired) electrons. The molecule has 6 nitrogen and oxygen atoms in total. The van der Waals surface area contributed by atoms with Gasteiger partial charge in [0.15, 0.2) is 5.84 Å². The number of hydrogen-bond donors (Lipinski definition) is 3. The predicted molar refractivity (Wildman–Crippen MR) is 76.1 cm³/mol. The molecule has 1 heterocycles. The largest absolute Gasteiger partial charge is 0.409 e. The molecule has 110 valence electrons. The first-order valence-electron chi connectivity index (χ1n) is 6.35. The average Bonchev–Trinajstić information content (AvgIpc) is 2.48. The van der Waals surface area contributed by atoms with E-state index < -0.39 is 0 Å². The highest BCUT2D eigenvalue weighted by molar-refractivity contribution is 6.31. The van der Waals surface area contributed by atoms with Crippen molar-refractivity contribution in [2.75, 3.05) is 26.3 Å². The van der Waals surface area contributed by atoms with E-state index in [0.717, 1.165) is 12.1 Å². The van der Waals surface area contributed by atoms with E-state index in [1.54, 1.807) is 12.1 Å². The van der Waals surface area contributed by atoms with Crippen LogP contribution in [0.1, 0.15) is 11.1 Å². The molecule has 1 unspecified atom stereocenters. The molecule has 0 bridgehead atoms. The van der Waals surface area contributed by atoms with Crippen LogP contribution < -0.4 is 5.73 Å². The van der Waals surface area contributed by atoms with Gasteiger partial charge in [-0.1, -0.05) is 28.9 Å². The molecule has 0 aromatic heterocycles. The van der Waals surface area contributed by atoms with E-state index in [1.165, 1.54) is 0 Å². The number of ether oxygens (including phenoxy) is 1. The van der Waals surface area contributed by atoms with Crippen LogP contribution in [0.5, 0.6) is 0 Å². The number of aliphatic hydroxyl groups excluding tert-OH is 1. The van der Waals surface area contributed by atoms with Crippen LogP contribution in [0.25, 0.3) is 0 Å². The van der Waals surface area contributed by atoms with Crippen LogP contribution in [0.3, 0.4) is 0 Å². The molecule has 4 N–H and O–H groups in total. The van der Waals surface area contributed by atoms with Crippen molar-refractivity contribution in [1.82, 2.24) is 4.90 Å². The molecule has 1 fully saturated rings. The quantitative estimate of drug-likeness (QED) is 0.328. The predicted octanol–water partition coefficient (Wildman–Crippen LogP) is 0.628. The first kappa shape index (κ1) is 15.1. The zero-order chi connectivity index (χ0) is 14.5. The lowest BCUT2D eigenvalue weighted by Gasteiger charge is -2.32. The molecular formula is C13H18ClN3O3. The monoisotopic (exact) mass is 299 g/mol. The van der Waals surface area contributed by atoms with Gasteiger partial charge in [-0.2, -0.15) is 0 Å². The number of oxime groups is 1. The van der Waals surface area contributed by atoms with E-state index in [4.69, 9.17) is 32.4 Å². The zero-order valence-electron chi connectivity index (χ0n) is 11.0. The second-order valence-corrected chi connectivity index (χ2v) is 5.11. The number of hydrogen-bond acceptors (Lipinski definition) is 5. The normalized spacial score (nSPS) is 21.1. The standard InChI is InChI=1S/C13H18ClN3O3/c14-12-5-9(13(15)16-19)1-2-10(12)6-17-3-4-20-11(7-17)8-18/h1-2,5,11,18-19H,3-4,6-8H2,(H2,15,16). The minimum Gasteiger partial charge on any atom is -0.409 e. The van der Waals surface area contributed by atoms with E-state index in [9.17, 15) is 0 Å². The zero-order valence-corrected chi connectivity index (χ0v) is 11.8. The smallest absolute Gasteiger partial charge is 0.170 e. The number of amidine groups is 1.